The number of pyridine rings is 1. The fraction of sp³-hybridized carbons (Fsp3) is 0.481. The molecule has 2 aromatic heterocycles. The molecular formula is C27H30ClFN8O. The Morgan fingerprint density at radius 1 is 1.05 bits per heavy atom. The van der Waals surface area contributed by atoms with Crippen LogP contribution < -0.4 is 9.80 Å². The maximum Gasteiger partial charge on any atom is 0.242 e. The van der Waals surface area contributed by atoms with Gasteiger partial charge < -0.3 is 14.7 Å². The zero-order valence-corrected chi connectivity index (χ0v) is 22.5. The first kappa shape index (κ1) is 23.8. The van der Waals surface area contributed by atoms with Crippen LogP contribution in [0, 0.1) is 18.2 Å². The van der Waals surface area contributed by atoms with Crippen molar-refractivity contribution in [2.24, 2.45) is 5.41 Å². The van der Waals surface area contributed by atoms with E-state index in [9.17, 15) is 9.18 Å². The summed E-state index contributed by atoms with van der Waals surface area (Å²) in [6.45, 7) is 6.46. The monoisotopic (exact) mass is 536 g/mol. The Balaban J connectivity index is 1.15. The number of hydrogen-bond donors (Lipinski definition) is 0. The third-order valence-corrected chi connectivity index (χ3v) is 8.80. The van der Waals surface area contributed by atoms with E-state index in [4.69, 9.17) is 11.6 Å². The van der Waals surface area contributed by atoms with Crippen LogP contribution >= 0.6 is 11.6 Å². The van der Waals surface area contributed by atoms with E-state index < -0.39 is 5.54 Å². The summed E-state index contributed by atoms with van der Waals surface area (Å²) in [6, 6.07) is 7.76. The second kappa shape index (κ2) is 8.13. The van der Waals surface area contributed by atoms with Crippen LogP contribution in [0.2, 0.25) is 5.02 Å². The summed E-state index contributed by atoms with van der Waals surface area (Å²) in [5.74, 6) is 2.36. The van der Waals surface area contributed by atoms with Gasteiger partial charge in [-0.1, -0.05) is 11.6 Å². The van der Waals surface area contributed by atoms with Crippen LogP contribution in [0.4, 0.5) is 16.2 Å². The molecule has 1 saturated carbocycles. The molecular weight excluding hydrogens is 507 g/mol. The highest BCUT2D eigenvalue weighted by molar-refractivity contribution is 6.30. The molecule has 5 heterocycles. The molecule has 0 radical (unpaired) electrons. The summed E-state index contributed by atoms with van der Waals surface area (Å²) >= 11 is 6.43. The second-order valence-corrected chi connectivity index (χ2v) is 12.1. The first-order valence-corrected chi connectivity index (χ1v) is 13.4. The quantitative estimate of drug-likeness (QED) is 0.507. The van der Waals surface area contributed by atoms with Gasteiger partial charge in [0, 0.05) is 57.3 Å². The Kier molecular flexibility index (Phi) is 5.10. The van der Waals surface area contributed by atoms with Crippen molar-refractivity contribution in [2.75, 3.05) is 50.1 Å². The second-order valence-electron chi connectivity index (χ2n) is 11.6. The highest BCUT2D eigenvalue weighted by Gasteiger charge is 2.57. The standard InChI is InChI=1S/C27H30ClFN8O/c1-17-8-22(30-10-20(17)29)34-13-26(14-34)15-35(16-26)25-32-31-23-12-36(27(6-7-27)24(38)33(2)3)11-18-9-19(28)4-5-21(18)37(23)25/h4-5,8-10H,6-7,11-16H2,1-3H3. The van der Waals surface area contributed by atoms with E-state index in [1.165, 1.54) is 6.20 Å². The Morgan fingerprint density at radius 3 is 2.47 bits per heavy atom. The van der Waals surface area contributed by atoms with Crippen molar-refractivity contribution in [1.82, 2.24) is 29.5 Å². The van der Waals surface area contributed by atoms with Crippen LogP contribution in [0.5, 0.6) is 0 Å². The molecule has 3 aromatic rings. The number of anilines is 2. The third-order valence-electron chi connectivity index (χ3n) is 8.57. The van der Waals surface area contributed by atoms with E-state index in [1.54, 1.807) is 11.8 Å². The maximum absolute atomic E-state index is 13.7. The van der Waals surface area contributed by atoms with Crippen molar-refractivity contribution in [3.63, 3.8) is 0 Å². The molecule has 7 rings (SSSR count). The van der Waals surface area contributed by atoms with Crippen molar-refractivity contribution < 1.29 is 9.18 Å². The maximum atomic E-state index is 13.7. The zero-order valence-electron chi connectivity index (χ0n) is 21.8. The molecule has 1 aromatic carbocycles. The summed E-state index contributed by atoms with van der Waals surface area (Å²) in [6.07, 6.45) is 2.99. The Bertz CT molecular complexity index is 1450. The number of amides is 1. The summed E-state index contributed by atoms with van der Waals surface area (Å²) in [5, 5.41) is 9.94. The Hall–Kier alpha value is -3.24. The number of carbonyl (C=O) groups is 1. The molecule has 38 heavy (non-hydrogen) atoms. The minimum Gasteiger partial charge on any atom is -0.355 e. The number of rotatable bonds is 4. The van der Waals surface area contributed by atoms with E-state index in [-0.39, 0.29) is 17.1 Å². The van der Waals surface area contributed by atoms with Crippen molar-refractivity contribution in [2.45, 2.75) is 38.4 Å². The van der Waals surface area contributed by atoms with E-state index in [2.05, 4.69) is 34.4 Å². The smallest absolute Gasteiger partial charge is 0.242 e. The minimum atomic E-state index is -0.493. The van der Waals surface area contributed by atoms with Gasteiger partial charge in [-0.05, 0) is 55.2 Å². The van der Waals surface area contributed by atoms with E-state index >= 15 is 0 Å². The molecule has 0 bridgehead atoms. The number of nitrogens with zero attached hydrogens (tertiary/aromatic N) is 8. The normalized spacial score (nSPS) is 20.8. The lowest BCUT2D eigenvalue weighted by Crippen LogP contribution is -2.73. The molecule has 1 amide bonds. The molecule has 4 aliphatic rings. The van der Waals surface area contributed by atoms with Gasteiger partial charge in [0.25, 0.3) is 0 Å². The van der Waals surface area contributed by atoms with Crippen LogP contribution in [-0.2, 0) is 17.9 Å². The number of aromatic nitrogens is 4. The van der Waals surface area contributed by atoms with Gasteiger partial charge in [0.1, 0.15) is 17.2 Å². The largest absolute Gasteiger partial charge is 0.355 e. The number of carbonyl (C=O) groups excluding carboxylic acids is 1. The minimum absolute atomic E-state index is 0.138. The van der Waals surface area contributed by atoms with E-state index in [0.717, 1.165) is 67.9 Å². The summed E-state index contributed by atoms with van der Waals surface area (Å²) in [4.78, 5) is 25.9. The van der Waals surface area contributed by atoms with Crippen molar-refractivity contribution in [1.29, 1.82) is 0 Å². The summed E-state index contributed by atoms with van der Waals surface area (Å²) in [5.41, 5.74) is 2.38. The molecule has 3 aliphatic heterocycles. The zero-order chi connectivity index (χ0) is 26.4. The predicted octanol–water partition coefficient (Wildman–Crippen LogP) is 3.03. The van der Waals surface area contributed by atoms with E-state index in [0.29, 0.717) is 23.7 Å². The lowest BCUT2D eigenvalue weighted by atomic mass is 9.73. The predicted molar refractivity (Wildman–Crippen MR) is 142 cm³/mol. The van der Waals surface area contributed by atoms with Gasteiger partial charge in [-0.3, -0.25) is 14.3 Å². The Labute approximate surface area is 225 Å². The molecule has 2 saturated heterocycles. The topological polar surface area (TPSA) is 73.6 Å². The van der Waals surface area contributed by atoms with Crippen molar-refractivity contribution in [3.8, 4) is 5.69 Å². The number of fused-ring (bicyclic) bond motifs is 3. The lowest BCUT2D eigenvalue weighted by Gasteiger charge is -2.60. The highest BCUT2D eigenvalue weighted by atomic mass is 35.5. The van der Waals surface area contributed by atoms with Gasteiger partial charge in [-0.15, -0.1) is 10.2 Å². The molecule has 3 fully saturated rings. The summed E-state index contributed by atoms with van der Waals surface area (Å²) < 4.78 is 15.8. The van der Waals surface area contributed by atoms with Crippen LogP contribution in [0.15, 0.2) is 30.5 Å². The molecule has 1 aliphatic carbocycles. The SMILES string of the molecule is Cc1cc(N2CC3(C2)CN(c2nnc4n2-c2ccc(Cl)cc2CN(C2(C(=O)N(C)C)CC2)C4)C3)ncc1F. The van der Waals surface area contributed by atoms with Gasteiger partial charge in [0.15, 0.2) is 5.82 Å². The van der Waals surface area contributed by atoms with E-state index in [1.807, 2.05) is 38.4 Å². The van der Waals surface area contributed by atoms with Gasteiger partial charge in [-0.25, -0.2) is 9.37 Å². The first-order valence-electron chi connectivity index (χ1n) is 13.0. The summed E-state index contributed by atoms with van der Waals surface area (Å²) in [7, 11) is 3.64. The average Bonchev–Trinajstić information content (AvgIpc) is 3.57. The first-order chi connectivity index (χ1) is 18.2. The van der Waals surface area contributed by atoms with Crippen LogP contribution in [0.3, 0.4) is 0 Å². The highest BCUT2D eigenvalue weighted by Crippen LogP contribution is 2.47. The van der Waals surface area contributed by atoms with Crippen molar-refractivity contribution in [3.05, 3.63) is 58.3 Å². The van der Waals surface area contributed by atoms with Gasteiger partial charge in [0.05, 0.1) is 18.4 Å². The number of benzene rings is 1. The van der Waals surface area contributed by atoms with Gasteiger partial charge in [0.2, 0.25) is 11.9 Å². The van der Waals surface area contributed by atoms with Crippen molar-refractivity contribution >= 4 is 29.3 Å². The molecule has 0 N–H and O–H groups in total. The number of likely N-dealkylation sites (N-methyl/N-ethyl adjacent to an activating group) is 1. The third kappa shape index (κ3) is 3.53. The fourth-order valence-corrected chi connectivity index (χ4v) is 6.62. The molecule has 198 valence electrons. The van der Waals surface area contributed by atoms with Crippen LogP contribution in [-0.4, -0.2) is 81.3 Å². The van der Waals surface area contributed by atoms with Crippen LogP contribution in [0.25, 0.3) is 5.69 Å². The van der Waals surface area contributed by atoms with Gasteiger partial charge >= 0.3 is 0 Å². The Morgan fingerprint density at radius 2 is 1.79 bits per heavy atom. The number of halogens is 2. The van der Waals surface area contributed by atoms with Crippen LogP contribution in [0.1, 0.15) is 29.8 Å². The fourth-order valence-electron chi connectivity index (χ4n) is 6.42. The molecule has 1 spiro atoms. The molecule has 0 unspecified atom stereocenters. The molecule has 11 heteroatoms. The lowest BCUT2D eigenvalue weighted by molar-refractivity contribution is -0.136. The number of hydrogen-bond acceptors (Lipinski definition) is 7. The number of aryl methyl sites for hydroxylation is 1. The molecule has 0 atom stereocenters. The molecule has 9 nitrogen and oxygen atoms in total. The average molecular weight is 537 g/mol. The van der Waals surface area contributed by atoms with Gasteiger partial charge in [-0.2, -0.15) is 0 Å².